The van der Waals surface area contributed by atoms with E-state index in [9.17, 15) is 9.59 Å². The molecular formula is C12H16N4O4. The highest BCUT2D eigenvalue weighted by molar-refractivity contribution is 5.76. The number of aromatic amines is 1. The van der Waals surface area contributed by atoms with Crippen LogP contribution in [0.25, 0.3) is 11.0 Å². The number of fused-ring (bicyclic) bond motifs is 1. The second kappa shape index (κ2) is 5.83. The van der Waals surface area contributed by atoms with Crippen molar-refractivity contribution in [3.05, 3.63) is 21.9 Å². The highest BCUT2D eigenvalue weighted by Gasteiger charge is 2.14. The maximum absolute atomic E-state index is 12.0. The minimum atomic E-state index is -1.07. The van der Waals surface area contributed by atoms with Crippen LogP contribution in [0.4, 0.5) is 0 Å². The van der Waals surface area contributed by atoms with Gasteiger partial charge in [-0.3, -0.25) is 9.48 Å². The first-order valence-electron chi connectivity index (χ1n) is 6.27. The highest BCUT2D eigenvalue weighted by Crippen LogP contribution is 2.13. The minimum Gasteiger partial charge on any atom is -0.480 e. The van der Waals surface area contributed by atoms with Crippen LogP contribution in [0.5, 0.6) is 0 Å². The van der Waals surface area contributed by atoms with Crippen molar-refractivity contribution >= 4 is 17.0 Å². The molecule has 0 fully saturated rings. The molecule has 2 aromatic heterocycles. The Labute approximate surface area is 114 Å². The van der Waals surface area contributed by atoms with E-state index < -0.39 is 12.6 Å². The summed E-state index contributed by atoms with van der Waals surface area (Å²) < 4.78 is 6.44. The third-order valence-electron chi connectivity index (χ3n) is 2.76. The molecule has 0 aliphatic heterocycles. The van der Waals surface area contributed by atoms with Crippen LogP contribution in [0.3, 0.4) is 0 Å². The molecule has 0 unspecified atom stereocenters. The van der Waals surface area contributed by atoms with Crippen LogP contribution in [0.1, 0.15) is 24.9 Å². The number of nitrogens with zero attached hydrogens (tertiary/aromatic N) is 3. The quantitative estimate of drug-likeness (QED) is 0.782. The number of H-pyrrole nitrogens is 1. The lowest BCUT2D eigenvalue weighted by Gasteiger charge is -2.02. The summed E-state index contributed by atoms with van der Waals surface area (Å²) >= 11 is 0. The zero-order valence-corrected chi connectivity index (χ0v) is 11.3. The Balaban J connectivity index is 2.36. The maximum Gasteiger partial charge on any atom is 0.329 e. The van der Waals surface area contributed by atoms with Crippen LogP contribution >= 0.6 is 0 Å². The Morgan fingerprint density at radius 3 is 2.90 bits per heavy atom. The molecule has 2 aromatic rings. The molecule has 0 spiro atoms. The number of hydrogen-bond donors (Lipinski definition) is 2. The summed E-state index contributed by atoms with van der Waals surface area (Å²) in [5.41, 5.74) is 1.42. The first-order chi connectivity index (χ1) is 9.52. The fourth-order valence-corrected chi connectivity index (χ4v) is 2.00. The number of nitrogens with one attached hydrogen (secondary N) is 1. The third kappa shape index (κ3) is 2.85. The zero-order chi connectivity index (χ0) is 14.7. The van der Waals surface area contributed by atoms with Gasteiger partial charge in [0.2, 0.25) is 0 Å². The molecule has 2 rings (SSSR count). The number of hydrogen-bond acceptors (Lipinski definition) is 5. The van der Waals surface area contributed by atoms with Gasteiger partial charge in [0, 0.05) is 7.05 Å². The van der Waals surface area contributed by atoms with E-state index in [1.165, 1.54) is 4.68 Å². The molecule has 0 radical (unpaired) electrons. The summed E-state index contributed by atoms with van der Waals surface area (Å²) in [5, 5.41) is 12.8. The molecule has 0 bridgehead atoms. The number of carbonyl (C=O) groups is 1. The maximum atomic E-state index is 12.0. The number of rotatable bonds is 6. The number of aliphatic carboxylic acids is 1. The molecule has 8 nitrogen and oxygen atoms in total. The number of aryl methyl sites for hydroxylation is 2. The van der Waals surface area contributed by atoms with Crippen LogP contribution in [-0.2, 0) is 29.6 Å². The lowest BCUT2D eigenvalue weighted by molar-refractivity contribution is -0.142. The largest absolute Gasteiger partial charge is 0.480 e. The predicted octanol–water partition coefficient (Wildman–Crippen LogP) is 0.210. The molecule has 2 N–H and O–H groups in total. The Morgan fingerprint density at radius 2 is 2.25 bits per heavy atom. The van der Waals surface area contributed by atoms with Gasteiger partial charge < -0.3 is 14.8 Å². The van der Waals surface area contributed by atoms with E-state index in [0.29, 0.717) is 16.9 Å². The molecule has 0 aliphatic carbocycles. The van der Waals surface area contributed by atoms with E-state index in [4.69, 9.17) is 9.84 Å². The monoisotopic (exact) mass is 280 g/mol. The minimum absolute atomic E-state index is 0.0576. The second-order valence-electron chi connectivity index (χ2n) is 4.42. The Kier molecular flexibility index (Phi) is 4.14. The van der Waals surface area contributed by atoms with E-state index in [-0.39, 0.29) is 12.2 Å². The van der Waals surface area contributed by atoms with Crippen molar-refractivity contribution in [3.8, 4) is 0 Å². The van der Waals surface area contributed by atoms with Gasteiger partial charge in [-0.1, -0.05) is 13.3 Å². The van der Waals surface area contributed by atoms with Crippen LogP contribution in [0.2, 0.25) is 0 Å². The van der Waals surface area contributed by atoms with E-state index in [1.807, 2.05) is 6.92 Å². The van der Waals surface area contributed by atoms with Gasteiger partial charge in [-0.05, 0) is 6.42 Å². The van der Waals surface area contributed by atoms with E-state index >= 15 is 0 Å². The summed E-state index contributed by atoms with van der Waals surface area (Å²) in [6.07, 6.45) is 1.62. The fraction of sp³-hybridized carbons (Fsp3) is 0.500. The number of ether oxygens (including phenoxy) is 1. The van der Waals surface area contributed by atoms with Gasteiger partial charge in [0.25, 0.3) is 5.56 Å². The SMILES string of the molecule is CCCc1nn(C)c2c(=O)[nH]c(COCC(=O)O)nc12. The average molecular weight is 280 g/mol. The number of aromatic nitrogens is 4. The van der Waals surface area contributed by atoms with E-state index in [0.717, 1.165) is 18.5 Å². The standard InChI is InChI=1S/C12H16N4O4/c1-3-4-7-10-11(16(2)15-7)12(19)14-8(13-10)5-20-6-9(17)18/h3-6H2,1-2H3,(H,17,18)(H,13,14,19). The summed E-state index contributed by atoms with van der Waals surface area (Å²) in [5.74, 6) is -0.768. The third-order valence-corrected chi connectivity index (χ3v) is 2.76. The lowest BCUT2D eigenvalue weighted by atomic mass is 10.2. The van der Waals surface area contributed by atoms with E-state index in [1.54, 1.807) is 7.05 Å². The Hall–Kier alpha value is -2.22. The van der Waals surface area contributed by atoms with Gasteiger partial charge in [0.05, 0.1) is 5.69 Å². The Bertz CT molecular complexity index is 689. The second-order valence-corrected chi connectivity index (χ2v) is 4.42. The predicted molar refractivity (Wildman–Crippen MR) is 70.4 cm³/mol. The van der Waals surface area contributed by atoms with Crippen molar-refractivity contribution in [2.24, 2.45) is 7.05 Å². The summed E-state index contributed by atoms with van der Waals surface area (Å²) in [7, 11) is 1.69. The van der Waals surface area contributed by atoms with Gasteiger partial charge in [0.1, 0.15) is 24.6 Å². The van der Waals surface area contributed by atoms with Gasteiger partial charge >= 0.3 is 5.97 Å². The van der Waals surface area contributed by atoms with Crippen molar-refractivity contribution < 1.29 is 14.6 Å². The molecule has 20 heavy (non-hydrogen) atoms. The van der Waals surface area contributed by atoms with Crippen molar-refractivity contribution in [2.75, 3.05) is 6.61 Å². The topological polar surface area (TPSA) is 110 Å². The van der Waals surface area contributed by atoms with Gasteiger partial charge in [-0.25, -0.2) is 9.78 Å². The van der Waals surface area contributed by atoms with E-state index in [2.05, 4.69) is 15.1 Å². The number of carboxylic acids is 1. The number of carboxylic acid groups (broad SMARTS) is 1. The van der Waals surface area contributed by atoms with Crippen LogP contribution in [-0.4, -0.2) is 37.4 Å². The molecule has 108 valence electrons. The van der Waals surface area contributed by atoms with Crippen molar-refractivity contribution in [3.63, 3.8) is 0 Å². The highest BCUT2D eigenvalue weighted by atomic mass is 16.5. The molecule has 0 atom stereocenters. The normalized spacial score (nSPS) is 11.1. The Morgan fingerprint density at radius 1 is 1.50 bits per heavy atom. The van der Waals surface area contributed by atoms with Gasteiger partial charge in [-0.15, -0.1) is 0 Å². The van der Waals surface area contributed by atoms with Crippen LogP contribution in [0, 0.1) is 0 Å². The molecule has 0 aromatic carbocycles. The molecule has 0 saturated heterocycles. The summed E-state index contributed by atoms with van der Waals surface area (Å²) in [6.45, 7) is 1.53. The van der Waals surface area contributed by atoms with Gasteiger partial charge in [-0.2, -0.15) is 5.10 Å². The molecule has 0 saturated carbocycles. The van der Waals surface area contributed by atoms with Crippen molar-refractivity contribution in [1.29, 1.82) is 0 Å². The van der Waals surface area contributed by atoms with Crippen LogP contribution in [0.15, 0.2) is 4.79 Å². The van der Waals surface area contributed by atoms with Crippen molar-refractivity contribution in [2.45, 2.75) is 26.4 Å². The first-order valence-corrected chi connectivity index (χ1v) is 6.27. The molecule has 8 heteroatoms. The summed E-state index contributed by atoms with van der Waals surface area (Å²) in [4.78, 5) is 29.3. The van der Waals surface area contributed by atoms with Crippen LogP contribution < -0.4 is 5.56 Å². The zero-order valence-electron chi connectivity index (χ0n) is 11.3. The molecule has 0 aliphatic rings. The fourth-order valence-electron chi connectivity index (χ4n) is 2.00. The average Bonchev–Trinajstić information content (AvgIpc) is 2.66. The smallest absolute Gasteiger partial charge is 0.329 e. The van der Waals surface area contributed by atoms with Crippen molar-refractivity contribution in [1.82, 2.24) is 19.7 Å². The molecule has 0 amide bonds. The molecular weight excluding hydrogens is 264 g/mol. The lowest BCUT2D eigenvalue weighted by Crippen LogP contribution is -2.16. The first kappa shape index (κ1) is 14.2. The molecule has 2 heterocycles. The summed E-state index contributed by atoms with van der Waals surface area (Å²) in [6, 6.07) is 0. The van der Waals surface area contributed by atoms with Gasteiger partial charge in [0.15, 0.2) is 5.52 Å².